The maximum absolute atomic E-state index is 12.6. The Bertz CT molecular complexity index is 387. The summed E-state index contributed by atoms with van der Waals surface area (Å²) in [5.74, 6) is 0.501. The fraction of sp³-hybridized carbons (Fsp3) is 0.400. The van der Waals surface area contributed by atoms with Crippen molar-refractivity contribution in [3.05, 3.63) is 23.3 Å². The molecule has 0 fully saturated rings. The highest BCUT2D eigenvalue weighted by molar-refractivity contribution is 5.50. The number of nitrogens with one attached hydrogen (secondary N) is 1. The van der Waals surface area contributed by atoms with Gasteiger partial charge in [0, 0.05) is 12.1 Å². The van der Waals surface area contributed by atoms with E-state index in [2.05, 4.69) is 5.32 Å². The molecule has 0 aliphatic carbocycles. The predicted molar refractivity (Wildman–Crippen MR) is 50.3 cm³/mol. The number of benzene rings is 1. The van der Waals surface area contributed by atoms with E-state index < -0.39 is 11.7 Å². The maximum atomic E-state index is 12.6. The monoisotopic (exact) mass is 233 g/mol. The molecule has 1 aromatic carbocycles. The molecule has 0 atom stereocenters. The zero-order chi connectivity index (χ0) is 11.8. The minimum Gasteiger partial charge on any atom is -0.493 e. The molecule has 2 rings (SSSR count). The molecule has 1 aliphatic rings. The molecule has 1 aromatic rings. The number of rotatable bonds is 1. The molecule has 0 unspecified atom stereocenters. The second-order valence-electron chi connectivity index (χ2n) is 3.38. The van der Waals surface area contributed by atoms with Crippen LogP contribution in [0.3, 0.4) is 0 Å². The average molecular weight is 233 g/mol. The molecule has 88 valence electrons. The number of halogens is 3. The third kappa shape index (κ3) is 1.92. The minimum atomic E-state index is -4.38. The number of fused-ring (bicyclic) bond motifs is 1. The molecule has 0 aromatic heterocycles. The van der Waals surface area contributed by atoms with Crippen molar-refractivity contribution >= 4 is 0 Å². The van der Waals surface area contributed by atoms with Gasteiger partial charge in [-0.05, 0) is 12.1 Å². The Kier molecular flexibility index (Phi) is 2.67. The van der Waals surface area contributed by atoms with Crippen LogP contribution in [0.1, 0.15) is 11.1 Å². The van der Waals surface area contributed by atoms with Crippen molar-refractivity contribution in [1.82, 2.24) is 5.32 Å². The Hall–Kier alpha value is -1.43. The van der Waals surface area contributed by atoms with Gasteiger partial charge in [0.1, 0.15) is 6.73 Å². The van der Waals surface area contributed by atoms with Crippen molar-refractivity contribution in [2.45, 2.75) is 12.7 Å². The maximum Gasteiger partial charge on any atom is 0.416 e. The Morgan fingerprint density at radius 2 is 2.12 bits per heavy atom. The topological polar surface area (TPSA) is 30.5 Å². The molecule has 0 saturated heterocycles. The van der Waals surface area contributed by atoms with Crippen molar-refractivity contribution in [2.75, 3.05) is 13.8 Å². The van der Waals surface area contributed by atoms with E-state index >= 15 is 0 Å². The first-order valence-corrected chi connectivity index (χ1v) is 4.64. The Balaban J connectivity index is 2.52. The average Bonchev–Trinajstić information content (AvgIpc) is 2.26. The third-order valence-corrected chi connectivity index (χ3v) is 2.31. The molecule has 3 nitrogen and oxygen atoms in total. The summed E-state index contributed by atoms with van der Waals surface area (Å²) >= 11 is 0. The smallest absolute Gasteiger partial charge is 0.416 e. The van der Waals surface area contributed by atoms with Gasteiger partial charge in [0.05, 0.1) is 12.7 Å². The standard InChI is InChI=1S/C10H10F3NO2/c1-15-8-3-7(10(11,12)13)2-6-4-14-5-16-9(6)8/h2-3,14H,4-5H2,1H3. The van der Waals surface area contributed by atoms with Crippen LogP contribution >= 0.6 is 0 Å². The second-order valence-corrected chi connectivity index (χ2v) is 3.38. The molecule has 0 bridgehead atoms. The van der Waals surface area contributed by atoms with Gasteiger partial charge < -0.3 is 9.47 Å². The van der Waals surface area contributed by atoms with Crippen LogP contribution < -0.4 is 14.8 Å². The number of alkyl halides is 3. The lowest BCUT2D eigenvalue weighted by Gasteiger charge is -2.22. The SMILES string of the molecule is COc1cc(C(F)(F)F)cc2c1OCNC2. The molecular weight excluding hydrogens is 223 g/mol. The lowest BCUT2D eigenvalue weighted by molar-refractivity contribution is -0.137. The van der Waals surface area contributed by atoms with Gasteiger partial charge in [-0.3, -0.25) is 5.32 Å². The van der Waals surface area contributed by atoms with Crippen molar-refractivity contribution in [3.63, 3.8) is 0 Å². The number of hydrogen-bond acceptors (Lipinski definition) is 3. The van der Waals surface area contributed by atoms with Crippen LogP contribution in [0.5, 0.6) is 11.5 Å². The fourth-order valence-electron chi connectivity index (χ4n) is 1.58. The Labute approximate surface area is 90.2 Å². The number of ether oxygens (including phenoxy) is 2. The normalized spacial score (nSPS) is 15.2. The first-order chi connectivity index (χ1) is 7.52. The van der Waals surface area contributed by atoms with Crippen molar-refractivity contribution in [1.29, 1.82) is 0 Å². The molecule has 0 radical (unpaired) electrons. The Morgan fingerprint density at radius 3 is 2.75 bits per heavy atom. The molecular formula is C10H10F3NO2. The molecule has 0 saturated carbocycles. The molecule has 1 heterocycles. The molecule has 1 N–H and O–H groups in total. The van der Waals surface area contributed by atoms with E-state index in [1.165, 1.54) is 7.11 Å². The van der Waals surface area contributed by atoms with E-state index in [1.807, 2.05) is 0 Å². The van der Waals surface area contributed by atoms with Crippen LogP contribution in [-0.2, 0) is 12.7 Å². The molecule has 16 heavy (non-hydrogen) atoms. The van der Waals surface area contributed by atoms with Crippen LogP contribution in [0.2, 0.25) is 0 Å². The van der Waals surface area contributed by atoms with E-state index in [9.17, 15) is 13.2 Å². The number of hydrogen-bond donors (Lipinski definition) is 1. The van der Waals surface area contributed by atoms with Crippen LogP contribution in [0.25, 0.3) is 0 Å². The summed E-state index contributed by atoms with van der Waals surface area (Å²) in [6, 6.07) is 2.02. The van der Waals surface area contributed by atoms with Crippen LogP contribution in [0.15, 0.2) is 12.1 Å². The van der Waals surface area contributed by atoms with Gasteiger partial charge in [-0.15, -0.1) is 0 Å². The summed E-state index contributed by atoms with van der Waals surface area (Å²) in [5.41, 5.74) is -0.270. The van der Waals surface area contributed by atoms with E-state index in [0.717, 1.165) is 12.1 Å². The first-order valence-electron chi connectivity index (χ1n) is 4.64. The van der Waals surface area contributed by atoms with Gasteiger partial charge >= 0.3 is 6.18 Å². The highest BCUT2D eigenvalue weighted by Gasteiger charge is 2.33. The first kappa shape index (κ1) is 11.1. The quantitative estimate of drug-likeness (QED) is 0.806. The third-order valence-electron chi connectivity index (χ3n) is 2.31. The summed E-state index contributed by atoms with van der Waals surface area (Å²) in [6.07, 6.45) is -4.38. The molecule has 6 heteroatoms. The van der Waals surface area contributed by atoms with E-state index in [0.29, 0.717) is 17.9 Å². The van der Waals surface area contributed by atoms with Crippen LogP contribution in [-0.4, -0.2) is 13.8 Å². The summed E-state index contributed by atoms with van der Waals surface area (Å²) in [6.45, 7) is 0.615. The lowest BCUT2D eigenvalue weighted by Crippen LogP contribution is -2.26. The number of methoxy groups -OCH3 is 1. The largest absolute Gasteiger partial charge is 0.493 e. The molecule has 0 spiro atoms. The predicted octanol–water partition coefficient (Wildman–Crippen LogP) is 2.15. The van der Waals surface area contributed by atoms with Crippen molar-refractivity contribution < 1.29 is 22.6 Å². The van der Waals surface area contributed by atoms with E-state index in [-0.39, 0.29) is 12.5 Å². The summed E-state index contributed by atoms with van der Waals surface area (Å²) < 4.78 is 47.8. The Morgan fingerprint density at radius 1 is 1.38 bits per heavy atom. The van der Waals surface area contributed by atoms with E-state index in [1.54, 1.807) is 0 Å². The van der Waals surface area contributed by atoms with E-state index in [4.69, 9.17) is 9.47 Å². The summed E-state index contributed by atoms with van der Waals surface area (Å²) in [5, 5.41) is 2.83. The van der Waals surface area contributed by atoms with Crippen molar-refractivity contribution in [3.8, 4) is 11.5 Å². The lowest BCUT2D eigenvalue weighted by atomic mass is 10.1. The zero-order valence-corrected chi connectivity index (χ0v) is 8.52. The highest BCUT2D eigenvalue weighted by Crippen LogP contribution is 2.39. The van der Waals surface area contributed by atoms with Crippen LogP contribution in [0.4, 0.5) is 13.2 Å². The van der Waals surface area contributed by atoms with Crippen molar-refractivity contribution in [2.24, 2.45) is 0 Å². The van der Waals surface area contributed by atoms with Gasteiger partial charge in [0.15, 0.2) is 11.5 Å². The van der Waals surface area contributed by atoms with Gasteiger partial charge in [0.25, 0.3) is 0 Å². The summed E-state index contributed by atoms with van der Waals surface area (Å²) in [7, 11) is 1.32. The highest BCUT2D eigenvalue weighted by atomic mass is 19.4. The fourth-order valence-corrected chi connectivity index (χ4v) is 1.58. The molecule has 1 aliphatic heterocycles. The second kappa shape index (κ2) is 3.86. The van der Waals surface area contributed by atoms with Gasteiger partial charge in [-0.25, -0.2) is 0 Å². The summed E-state index contributed by atoms with van der Waals surface area (Å²) in [4.78, 5) is 0. The van der Waals surface area contributed by atoms with Gasteiger partial charge in [-0.2, -0.15) is 13.2 Å². The van der Waals surface area contributed by atoms with Gasteiger partial charge in [0.2, 0.25) is 0 Å². The van der Waals surface area contributed by atoms with Gasteiger partial charge in [-0.1, -0.05) is 0 Å². The minimum absolute atomic E-state index is 0.117. The molecule has 0 amide bonds. The zero-order valence-electron chi connectivity index (χ0n) is 8.52. The van der Waals surface area contributed by atoms with Crippen LogP contribution in [0, 0.1) is 0 Å².